The maximum absolute atomic E-state index is 12.4. The average molecular weight is 412 g/mol. The first-order chi connectivity index (χ1) is 14.1. The van der Waals surface area contributed by atoms with Crippen LogP contribution in [0, 0.1) is 5.92 Å². The Morgan fingerprint density at radius 3 is 2.79 bits per heavy atom. The first-order valence-corrected chi connectivity index (χ1v) is 10.0. The average Bonchev–Trinajstić information content (AvgIpc) is 3.45. The zero-order valence-electron chi connectivity index (χ0n) is 16.2. The topological polar surface area (TPSA) is 61.6 Å². The standard InChI is InChI=1S/C23H22ClNO4/c1-27-21-11-8-16(12-22(21)28-13-15-6-7-15)23-25-17(14-29-23)9-10-20(26)18-4-2-3-5-19(18)24/h2-5,8,11-12,14-15H,6-7,9-10,13H2,1H3. The van der Waals surface area contributed by atoms with Gasteiger partial charge >= 0.3 is 0 Å². The summed E-state index contributed by atoms with van der Waals surface area (Å²) in [6, 6.07) is 12.7. The Hall–Kier alpha value is -2.79. The highest BCUT2D eigenvalue weighted by Gasteiger charge is 2.23. The molecule has 4 rings (SSSR count). The van der Waals surface area contributed by atoms with Crippen molar-refractivity contribution in [1.82, 2.24) is 4.98 Å². The minimum atomic E-state index is -0.0136. The molecular formula is C23H22ClNO4. The van der Waals surface area contributed by atoms with Gasteiger partial charge in [0.1, 0.15) is 6.26 Å². The molecule has 1 heterocycles. The van der Waals surface area contributed by atoms with Gasteiger partial charge in [-0.3, -0.25) is 4.79 Å². The highest BCUT2D eigenvalue weighted by Crippen LogP contribution is 2.35. The molecule has 0 atom stereocenters. The van der Waals surface area contributed by atoms with Crippen LogP contribution in [0.4, 0.5) is 0 Å². The van der Waals surface area contributed by atoms with Crippen LogP contribution in [-0.4, -0.2) is 24.5 Å². The fourth-order valence-electron chi connectivity index (χ4n) is 3.03. The third kappa shape index (κ3) is 4.80. The zero-order chi connectivity index (χ0) is 20.2. The molecule has 0 spiro atoms. The SMILES string of the molecule is COc1ccc(-c2nc(CCC(=O)c3ccccc3Cl)co2)cc1OCC1CC1. The van der Waals surface area contributed by atoms with E-state index in [1.54, 1.807) is 37.6 Å². The lowest BCUT2D eigenvalue weighted by Gasteiger charge is -2.11. The number of benzene rings is 2. The molecule has 1 saturated carbocycles. The van der Waals surface area contributed by atoms with E-state index in [0.29, 0.717) is 53.3 Å². The second-order valence-corrected chi connectivity index (χ2v) is 7.57. The molecule has 29 heavy (non-hydrogen) atoms. The Bertz CT molecular complexity index is 1010. The van der Waals surface area contributed by atoms with E-state index in [-0.39, 0.29) is 5.78 Å². The molecule has 5 nitrogen and oxygen atoms in total. The number of nitrogens with zero attached hydrogens (tertiary/aromatic N) is 1. The van der Waals surface area contributed by atoms with Crippen LogP contribution in [0.3, 0.4) is 0 Å². The van der Waals surface area contributed by atoms with E-state index in [2.05, 4.69) is 4.98 Å². The number of Topliss-reactive ketones (excluding diaryl/α,β-unsaturated/α-hetero) is 1. The number of rotatable bonds is 9. The predicted molar refractivity (Wildman–Crippen MR) is 111 cm³/mol. The molecule has 0 N–H and O–H groups in total. The molecule has 1 aromatic heterocycles. The highest BCUT2D eigenvalue weighted by molar-refractivity contribution is 6.33. The lowest BCUT2D eigenvalue weighted by molar-refractivity contribution is 0.0982. The molecule has 150 valence electrons. The van der Waals surface area contributed by atoms with Crippen LogP contribution in [-0.2, 0) is 6.42 Å². The Kier molecular flexibility index (Phi) is 5.86. The number of carbonyl (C=O) groups is 1. The number of oxazole rings is 1. The summed E-state index contributed by atoms with van der Waals surface area (Å²) >= 11 is 6.10. The van der Waals surface area contributed by atoms with Gasteiger partial charge in [0.2, 0.25) is 5.89 Å². The van der Waals surface area contributed by atoms with E-state index in [0.717, 1.165) is 11.3 Å². The number of aromatic nitrogens is 1. The second-order valence-electron chi connectivity index (χ2n) is 7.17. The molecule has 0 unspecified atom stereocenters. The summed E-state index contributed by atoms with van der Waals surface area (Å²) in [6.07, 6.45) is 4.82. The maximum Gasteiger partial charge on any atom is 0.226 e. The van der Waals surface area contributed by atoms with Gasteiger partial charge < -0.3 is 13.9 Å². The van der Waals surface area contributed by atoms with Crippen LogP contribution in [0.2, 0.25) is 5.02 Å². The van der Waals surface area contributed by atoms with Gasteiger partial charge in [-0.05, 0) is 49.1 Å². The van der Waals surface area contributed by atoms with Gasteiger partial charge in [-0.15, -0.1) is 0 Å². The van der Waals surface area contributed by atoms with E-state index < -0.39 is 0 Å². The van der Waals surface area contributed by atoms with Crippen LogP contribution in [0.5, 0.6) is 11.5 Å². The Labute approximate surface area is 174 Å². The summed E-state index contributed by atoms with van der Waals surface area (Å²) in [7, 11) is 1.62. The van der Waals surface area contributed by atoms with Crippen LogP contribution < -0.4 is 9.47 Å². The van der Waals surface area contributed by atoms with Crippen LogP contribution in [0.1, 0.15) is 35.3 Å². The van der Waals surface area contributed by atoms with Crippen LogP contribution >= 0.6 is 11.6 Å². The predicted octanol–water partition coefficient (Wildman–Crippen LogP) is 5.61. The molecule has 1 aliphatic rings. The third-order valence-corrected chi connectivity index (χ3v) is 5.25. The minimum absolute atomic E-state index is 0.0136. The lowest BCUT2D eigenvalue weighted by atomic mass is 10.1. The van der Waals surface area contributed by atoms with Gasteiger partial charge in [0, 0.05) is 24.0 Å². The van der Waals surface area contributed by atoms with Crippen molar-refractivity contribution in [2.75, 3.05) is 13.7 Å². The van der Waals surface area contributed by atoms with Gasteiger partial charge in [0.25, 0.3) is 0 Å². The monoisotopic (exact) mass is 411 g/mol. The van der Waals surface area contributed by atoms with Gasteiger partial charge in [0.15, 0.2) is 17.3 Å². The van der Waals surface area contributed by atoms with Crippen molar-refractivity contribution in [1.29, 1.82) is 0 Å². The molecule has 1 aliphatic carbocycles. The summed E-state index contributed by atoms with van der Waals surface area (Å²) in [5.74, 6) is 2.49. The third-order valence-electron chi connectivity index (χ3n) is 4.92. The number of aryl methyl sites for hydroxylation is 1. The molecule has 0 aliphatic heterocycles. The summed E-state index contributed by atoms with van der Waals surface area (Å²) in [4.78, 5) is 16.9. The number of halogens is 1. The zero-order valence-corrected chi connectivity index (χ0v) is 16.9. The van der Waals surface area contributed by atoms with Gasteiger partial charge in [-0.25, -0.2) is 4.98 Å². The van der Waals surface area contributed by atoms with Crippen molar-refractivity contribution >= 4 is 17.4 Å². The van der Waals surface area contributed by atoms with E-state index in [9.17, 15) is 4.79 Å². The second kappa shape index (κ2) is 8.70. The Morgan fingerprint density at radius 2 is 2.03 bits per heavy atom. The minimum Gasteiger partial charge on any atom is -0.493 e. The summed E-state index contributed by atoms with van der Waals surface area (Å²) in [5, 5.41) is 0.468. The van der Waals surface area contributed by atoms with Gasteiger partial charge in [-0.2, -0.15) is 0 Å². The van der Waals surface area contributed by atoms with Crippen molar-refractivity contribution in [2.45, 2.75) is 25.7 Å². The Balaban J connectivity index is 1.43. The quantitative estimate of drug-likeness (QED) is 0.428. The molecule has 0 saturated heterocycles. The first-order valence-electron chi connectivity index (χ1n) is 9.67. The van der Waals surface area contributed by atoms with E-state index in [4.69, 9.17) is 25.5 Å². The van der Waals surface area contributed by atoms with Crippen molar-refractivity contribution in [2.24, 2.45) is 5.92 Å². The van der Waals surface area contributed by atoms with Crippen molar-refractivity contribution < 1.29 is 18.7 Å². The lowest BCUT2D eigenvalue weighted by Crippen LogP contribution is -2.02. The van der Waals surface area contributed by atoms with Crippen LogP contribution in [0.15, 0.2) is 53.1 Å². The number of hydrogen-bond acceptors (Lipinski definition) is 5. The van der Waals surface area contributed by atoms with Crippen molar-refractivity contribution in [3.05, 3.63) is 65.0 Å². The van der Waals surface area contributed by atoms with Crippen LogP contribution in [0.25, 0.3) is 11.5 Å². The molecule has 0 radical (unpaired) electrons. The number of hydrogen-bond donors (Lipinski definition) is 0. The summed E-state index contributed by atoms with van der Waals surface area (Å²) < 4.78 is 16.9. The summed E-state index contributed by atoms with van der Waals surface area (Å²) in [6.45, 7) is 0.695. The van der Waals surface area contributed by atoms with E-state index in [1.165, 1.54) is 12.8 Å². The number of ketones is 1. The molecule has 6 heteroatoms. The first kappa shape index (κ1) is 19.5. The van der Waals surface area contributed by atoms with Crippen molar-refractivity contribution in [3.63, 3.8) is 0 Å². The molecule has 3 aromatic rings. The largest absolute Gasteiger partial charge is 0.493 e. The number of ether oxygens (including phenoxy) is 2. The van der Waals surface area contributed by atoms with Crippen molar-refractivity contribution in [3.8, 4) is 23.0 Å². The molecule has 1 fully saturated rings. The maximum atomic E-state index is 12.4. The fourth-order valence-corrected chi connectivity index (χ4v) is 3.27. The van der Waals surface area contributed by atoms with Gasteiger partial charge in [0.05, 0.1) is 24.4 Å². The summed E-state index contributed by atoms with van der Waals surface area (Å²) in [5.41, 5.74) is 2.06. The highest BCUT2D eigenvalue weighted by atomic mass is 35.5. The number of methoxy groups -OCH3 is 1. The Morgan fingerprint density at radius 1 is 1.21 bits per heavy atom. The normalized spacial score (nSPS) is 13.3. The molecular weight excluding hydrogens is 390 g/mol. The molecule has 2 aromatic carbocycles. The molecule has 0 bridgehead atoms. The van der Waals surface area contributed by atoms with E-state index in [1.807, 2.05) is 18.2 Å². The van der Waals surface area contributed by atoms with E-state index >= 15 is 0 Å². The smallest absolute Gasteiger partial charge is 0.226 e. The number of carbonyl (C=O) groups excluding carboxylic acids is 1. The molecule has 0 amide bonds. The fraction of sp³-hybridized carbons (Fsp3) is 0.304. The van der Waals surface area contributed by atoms with Gasteiger partial charge in [-0.1, -0.05) is 23.7 Å².